The third-order valence-electron chi connectivity index (χ3n) is 5.26. The Labute approximate surface area is 144 Å². The van der Waals surface area contributed by atoms with Crippen LogP contribution in [0.4, 0.5) is 4.79 Å². The van der Waals surface area contributed by atoms with Crippen LogP contribution in [0.3, 0.4) is 0 Å². The number of aliphatic hydroxyl groups excluding tert-OH is 1. The number of hydrogen-bond acceptors (Lipinski definition) is 3. The zero-order chi connectivity index (χ0) is 16.8. The number of aliphatic hydroxyl groups is 1. The first kappa shape index (κ1) is 17.2. The topological polar surface area (TPSA) is 61.8 Å². The number of urea groups is 1. The average Bonchev–Trinajstić information content (AvgIpc) is 3.12. The van der Waals surface area contributed by atoms with Crippen molar-refractivity contribution in [2.24, 2.45) is 5.92 Å². The second-order valence-electron chi connectivity index (χ2n) is 6.88. The van der Waals surface area contributed by atoms with E-state index in [1.807, 2.05) is 18.2 Å². The van der Waals surface area contributed by atoms with Gasteiger partial charge in [0.15, 0.2) is 0 Å². The first-order valence-corrected chi connectivity index (χ1v) is 9.08. The standard InChI is InChI=1S/C19H28N2O3/c22-14-17-7-4-10-21(17)19(23)20-18(16-5-2-1-3-6-16)13-15-8-11-24-12-9-15/h1-3,5-6,15,17-18,22H,4,7-14H2,(H,20,23). The van der Waals surface area contributed by atoms with E-state index in [1.54, 1.807) is 4.90 Å². The van der Waals surface area contributed by atoms with E-state index in [0.717, 1.165) is 57.4 Å². The number of carbonyl (C=O) groups excluding carboxylic acids is 1. The lowest BCUT2D eigenvalue weighted by Crippen LogP contribution is -2.45. The maximum atomic E-state index is 12.7. The number of nitrogens with zero attached hydrogens (tertiary/aromatic N) is 1. The molecule has 2 fully saturated rings. The Balaban J connectivity index is 1.68. The number of hydrogen-bond donors (Lipinski definition) is 2. The summed E-state index contributed by atoms with van der Waals surface area (Å²) < 4.78 is 5.45. The lowest BCUT2D eigenvalue weighted by molar-refractivity contribution is 0.0605. The van der Waals surface area contributed by atoms with E-state index in [0.29, 0.717) is 5.92 Å². The van der Waals surface area contributed by atoms with Crippen LogP contribution in [0.25, 0.3) is 0 Å². The molecule has 2 aliphatic rings. The first-order chi connectivity index (χ1) is 11.8. The smallest absolute Gasteiger partial charge is 0.318 e. The van der Waals surface area contributed by atoms with Crippen LogP contribution >= 0.6 is 0 Å². The van der Waals surface area contributed by atoms with Crippen molar-refractivity contribution in [3.05, 3.63) is 35.9 Å². The Kier molecular flexibility index (Phi) is 6.10. The molecular weight excluding hydrogens is 304 g/mol. The highest BCUT2D eigenvalue weighted by molar-refractivity contribution is 5.75. The van der Waals surface area contributed by atoms with Crippen molar-refractivity contribution in [1.29, 1.82) is 0 Å². The van der Waals surface area contributed by atoms with Crippen LogP contribution in [-0.2, 0) is 4.74 Å². The van der Waals surface area contributed by atoms with Gasteiger partial charge in [0.05, 0.1) is 18.7 Å². The summed E-state index contributed by atoms with van der Waals surface area (Å²) in [6, 6.07) is 10.1. The van der Waals surface area contributed by atoms with E-state index in [2.05, 4.69) is 17.4 Å². The van der Waals surface area contributed by atoms with Crippen LogP contribution in [0.15, 0.2) is 30.3 Å². The molecule has 0 bridgehead atoms. The molecule has 24 heavy (non-hydrogen) atoms. The van der Waals surface area contributed by atoms with Gasteiger partial charge in [-0.15, -0.1) is 0 Å². The highest BCUT2D eigenvalue weighted by Gasteiger charge is 2.30. The number of amides is 2. The van der Waals surface area contributed by atoms with Crippen molar-refractivity contribution >= 4 is 6.03 Å². The van der Waals surface area contributed by atoms with E-state index in [1.165, 1.54) is 0 Å². The molecule has 2 saturated heterocycles. The van der Waals surface area contributed by atoms with Crippen molar-refractivity contribution in [1.82, 2.24) is 10.2 Å². The molecule has 0 spiro atoms. The molecule has 3 rings (SSSR count). The fraction of sp³-hybridized carbons (Fsp3) is 0.632. The van der Waals surface area contributed by atoms with Crippen molar-refractivity contribution in [2.45, 2.75) is 44.2 Å². The summed E-state index contributed by atoms with van der Waals surface area (Å²) in [5.41, 5.74) is 1.15. The number of rotatable bonds is 5. The van der Waals surface area contributed by atoms with Gasteiger partial charge in [0.2, 0.25) is 0 Å². The van der Waals surface area contributed by atoms with Crippen molar-refractivity contribution in [3.8, 4) is 0 Å². The van der Waals surface area contributed by atoms with Crippen LogP contribution in [0, 0.1) is 5.92 Å². The SMILES string of the molecule is O=C(NC(CC1CCOCC1)c1ccccc1)N1CCCC1CO. The third kappa shape index (κ3) is 4.28. The maximum absolute atomic E-state index is 12.7. The third-order valence-corrected chi connectivity index (χ3v) is 5.26. The van der Waals surface area contributed by atoms with Crippen LogP contribution in [0.1, 0.15) is 43.7 Å². The van der Waals surface area contributed by atoms with Gasteiger partial charge in [-0.05, 0) is 43.6 Å². The second kappa shape index (κ2) is 8.49. The zero-order valence-electron chi connectivity index (χ0n) is 14.2. The molecule has 1 aromatic carbocycles. The molecule has 5 nitrogen and oxygen atoms in total. The normalized spacial score (nSPS) is 23.2. The van der Waals surface area contributed by atoms with E-state index >= 15 is 0 Å². The predicted octanol–water partition coefficient (Wildman–Crippen LogP) is 2.71. The fourth-order valence-electron chi connectivity index (χ4n) is 3.80. The molecule has 2 amide bonds. The molecule has 0 saturated carbocycles. The van der Waals surface area contributed by atoms with Crippen LogP contribution in [-0.4, -0.2) is 48.4 Å². The van der Waals surface area contributed by atoms with Crippen molar-refractivity contribution in [2.75, 3.05) is 26.4 Å². The molecule has 0 radical (unpaired) electrons. The largest absolute Gasteiger partial charge is 0.394 e. The molecule has 5 heteroatoms. The molecule has 0 aromatic heterocycles. The number of nitrogens with one attached hydrogen (secondary N) is 1. The summed E-state index contributed by atoms with van der Waals surface area (Å²) in [6.45, 7) is 2.41. The van der Waals surface area contributed by atoms with E-state index < -0.39 is 0 Å². The molecular formula is C19H28N2O3. The van der Waals surface area contributed by atoms with Gasteiger partial charge >= 0.3 is 6.03 Å². The number of ether oxygens (including phenoxy) is 1. The maximum Gasteiger partial charge on any atom is 0.318 e. The van der Waals surface area contributed by atoms with E-state index in [9.17, 15) is 9.90 Å². The zero-order valence-corrected chi connectivity index (χ0v) is 14.2. The van der Waals surface area contributed by atoms with E-state index in [4.69, 9.17) is 4.74 Å². The Morgan fingerprint density at radius 3 is 2.71 bits per heavy atom. The van der Waals surface area contributed by atoms with Crippen LogP contribution in [0.2, 0.25) is 0 Å². The molecule has 132 valence electrons. The molecule has 1 aromatic rings. The molecule has 2 N–H and O–H groups in total. The molecule has 2 atom stereocenters. The fourth-order valence-corrected chi connectivity index (χ4v) is 3.80. The summed E-state index contributed by atoms with van der Waals surface area (Å²) in [5, 5.41) is 12.7. The monoisotopic (exact) mass is 332 g/mol. The van der Waals surface area contributed by atoms with Gasteiger partial charge in [-0.2, -0.15) is 0 Å². The van der Waals surface area contributed by atoms with E-state index in [-0.39, 0.29) is 24.7 Å². The first-order valence-electron chi connectivity index (χ1n) is 9.08. The van der Waals surface area contributed by atoms with Gasteiger partial charge < -0.3 is 20.1 Å². The minimum Gasteiger partial charge on any atom is -0.394 e. The average molecular weight is 332 g/mol. The van der Waals surface area contributed by atoms with Gasteiger partial charge in [0.25, 0.3) is 0 Å². The van der Waals surface area contributed by atoms with Gasteiger partial charge in [0, 0.05) is 19.8 Å². The minimum atomic E-state index is -0.0486. The Hall–Kier alpha value is -1.59. The second-order valence-corrected chi connectivity index (χ2v) is 6.88. The lowest BCUT2D eigenvalue weighted by Gasteiger charge is -2.30. The summed E-state index contributed by atoms with van der Waals surface area (Å²) in [4.78, 5) is 14.5. The summed E-state index contributed by atoms with van der Waals surface area (Å²) in [6.07, 6.45) is 4.91. The molecule has 0 aliphatic carbocycles. The predicted molar refractivity (Wildman–Crippen MR) is 92.7 cm³/mol. The summed E-state index contributed by atoms with van der Waals surface area (Å²) in [5.74, 6) is 0.580. The highest BCUT2D eigenvalue weighted by Crippen LogP contribution is 2.28. The van der Waals surface area contributed by atoms with Crippen LogP contribution in [0.5, 0.6) is 0 Å². The van der Waals surface area contributed by atoms with Crippen molar-refractivity contribution < 1.29 is 14.6 Å². The van der Waals surface area contributed by atoms with Crippen LogP contribution < -0.4 is 5.32 Å². The highest BCUT2D eigenvalue weighted by atomic mass is 16.5. The Bertz CT molecular complexity index is 517. The number of likely N-dealkylation sites (tertiary alicyclic amines) is 1. The van der Waals surface area contributed by atoms with Gasteiger partial charge in [-0.25, -0.2) is 4.79 Å². The Morgan fingerprint density at radius 1 is 1.25 bits per heavy atom. The summed E-state index contributed by atoms with van der Waals surface area (Å²) in [7, 11) is 0. The molecule has 2 heterocycles. The van der Waals surface area contributed by atoms with Crippen molar-refractivity contribution in [3.63, 3.8) is 0 Å². The lowest BCUT2D eigenvalue weighted by atomic mass is 9.89. The van der Waals surface area contributed by atoms with Gasteiger partial charge in [-0.3, -0.25) is 0 Å². The molecule has 2 unspecified atom stereocenters. The Morgan fingerprint density at radius 2 is 2.00 bits per heavy atom. The van der Waals surface area contributed by atoms with Gasteiger partial charge in [-0.1, -0.05) is 30.3 Å². The molecule has 2 aliphatic heterocycles. The summed E-state index contributed by atoms with van der Waals surface area (Å²) >= 11 is 0. The number of carbonyl (C=O) groups is 1. The van der Waals surface area contributed by atoms with Gasteiger partial charge in [0.1, 0.15) is 0 Å². The quantitative estimate of drug-likeness (QED) is 0.871. The number of benzene rings is 1. The minimum absolute atomic E-state index is 0.0155.